The van der Waals surface area contributed by atoms with Gasteiger partial charge in [0.2, 0.25) is 15.9 Å². The Balaban J connectivity index is 1.49. The molecule has 1 aromatic carbocycles. The van der Waals surface area contributed by atoms with E-state index in [9.17, 15) is 17.6 Å². The van der Waals surface area contributed by atoms with Crippen LogP contribution in [0.25, 0.3) is 12.2 Å². The number of carbonyl (C=O) groups is 1. The Morgan fingerprint density at radius 3 is 2.85 bits per heavy atom. The van der Waals surface area contributed by atoms with Crippen LogP contribution >= 0.6 is 0 Å². The van der Waals surface area contributed by atoms with Crippen molar-refractivity contribution in [2.45, 2.75) is 43.6 Å². The van der Waals surface area contributed by atoms with E-state index in [1.165, 1.54) is 22.5 Å². The zero-order valence-electron chi connectivity index (χ0n) is 18.5. The van der Waals surface area contributed by atoms with Gasteiger partial charge in [0.1, 0.15) is 11.5 Å². The molecule has 1 aromatic heterocycles. The molecule has 2 aliphatic heterocycles. The first kappa shape index (κ1) is 23.6. The molecule has 178 valence electrons. The Labute approximate surface area is 192 Å². The fraction of sp³-hybridized carbons (Fsp3) is 0.478. The van der Waals surface area contributed by atoms with E-state index in [2.05, 4.69) is 10.5 Å². The van der Waals surface area contributed by atoms with Crippen LogP contribution in [0.1, 0.15) is 42.7 Å². The van der Waals surface area contributed by atoms with Crippen molar-refractivity contribution in [3.8, 4) is 0 Å². The van der Waals surface area contributed by atoms with E-state index >= 15 is 0 Å². The minimum absolute atomic E-state index is 0.0284. The lowest BCUT2D eigenvalue weighted by Crippen LogP contribution is -2.46. The Kier molecular flexibility index (Phi) is 7.26. The lowest BCUT2D eigenvalue weighted by atomic mass is 9.99. The van der Waals surface area contributed by atoms with Gasteiger partial charge in [-0.15, -0.1) is 0 Å². The number of aromatic nitrogens is 1. The summed E-state index contributed by atoms with van der Waals surface area (Å²) in [5.74, 6) is -0.998. The summed E-state index contributed by atoms with van der Waals surface area (Å²) in [7, 11) is -3.96. The molecule has 2 fully saturated rings. The maximum absolute atomic E-state index is 13.9. The summed E-state index contributed by atoms with van der Waals surface area (Å²) >= 11 is 0. The number of halogens is 1. The summed E-state index contributed by atoms with van der Waals surface area (Å²) in [5, 5.41) is 6.73. The number of carbonyl (C=O) groups excluding carboxylic acids is 1. The van der Waals surface area contributed by atoms with E-state index < -0.39 is 21.8 Å². The van der Waals surface area contributed by atoms with Crippen LogP contribution in [0.15, 0.2) is 33.7 Å². The number of rotatable bonds is 7. The number of nitrogens with one attached hydrogen (secondary N) is 1. The fourth-order valence-electron chi connectivity index (χ4n) is 4.24. The molecule has 0 spiro atoms. The van der Waals surface area contributed by atoms with Crippen LogP contribution in [-0.2, 0) is 19.6 Å². The molecule has 2 atom stereocenters. The number of amides is 1. The first-order chi connectivity index (χ1) is 15.9. The van der Waals surface area contributed by atoms with E-state index in [4.69, 9.17) is 9.26 Å². The second-order valence-corrected chi connectivity index (χ2v) is 10.3. The van der Waals surface area contributed by atoms with E-state index in [0.717, 1.165) is 12.8 Å². The molecule has 2 saturated heterocycles. The number of piperidine rings is 1. The van der Waals surface area contributed by atoms with Gasteiger partial charge >= 0.3 is 0 Å². The standard InChI is InChI=1S/C23H28FN3O5S/c1-16-22(21(32-26-16)11-10-17-6-2-3-9-20(17)24)33(29,30)27-12-4-7-18(15-27)23(28)25-14-19-8-5-13-31-19/h2-3,6,9-11,18-19H,4-5,7-8,12-15H2,1H3,(H,25,28)/b11-10+/t18-,19+/m0/s1. The monoisotopic (exact) mass is 477 g/mol. The highest BCUT2D eigenvalue weighted by Gasteiger charge is 2.37. The van der Waals surface area contributed by atoms with Gasteiger partial charge in [0, 0.05) is 31.8 Å². The zero-order chi connectivity index (χ0) is 23.4. The van der Waals surface area contributed by atoms with Crippen LogP contribution in [-0.4, -0.2) is 56.1 Å². The number of hydrogen-bond acceptors (Lipinski definition) is 6. The van der Waals surface area contributed by atoms with Crippen LogP contribution in [0, 0.1) is 18.7 Å². The van der Waals surface area contributed by atoms with Crippen LogP contribution in [0.3, 0.4) is 0 Å². The Hall–Kier alpha value is -2.56. The van der Waals surface area contributed by atoms with Crippen molar-refractivity contribution < 1.29 is 26.9 Å². The molecular weight excluding hydrogens is 449 g/mol. The molecule has 0 aliphatic carbocycles. The van der Waals surface area contributed by atoms with Gasteiger partial charge in [-0.25, -0.2) is 12.8 Å². The molecule has 0 radical (unpaired) electrons. The maximum atomic E-state index is 13.9. The van der Waals surface area contributed by atoms with E-state index in [0.29, 0.717) is 38.1 Å². The quantitative estimate of drug-likeness (QED) is 0.658. The Morgan fingerprint density at radius 2 is 2.09 bits per heavy atom. The first-order valence-corrected chi connectivity index (χ1v) is 12.6. The lowest BCUT2D eigenvalue weighted by molar-refractivity contribution is -0.126. The van der Waals surface area contributed by atoms with Crippen molar-refractivity contribution in [2.24, 2.45) is 5.92 Å². The summed E-state index contributed by atoms with van der Waals surface area (Å²) in [6.45, 7) is 3.09. The van der Waals surface area contributed by atoms with Gasteiger partial charge in [0.15, 0.2) is 10.7 Å². The van der Waals surface area contributed by atoms with Crippen LogP contribution in [0.4, 0.5) is 4.39 Å². The molecule has 2 aliphatic rings. The highest BCUT2D eigenvalue weighted by molar-refractivity contribution is 7.89. The van der Waals surface area contributed by atoms with Gasteiger partial charge in [0.05, 0.1) is 12.0 Å². The van der Waals surface area contributed by atoms with E-state index in [1.54, 1.807) is 25.1 Å². The van der Waals surface area contributed by atoms with Gasteiger partial charge in [0.25, 0.3) is 0 Å². The molecule has 4 rings (SSSR count). The summed E-state index contributed by atoms with van der Waals surface area (Å²) in [6, 6.07) is 6.16. The first-order valence-electron chi connectivity index (χ1n) is 11.1. The molecule has 0 saturated carbocycles. The molecule has 33 heavy (non-hydrogen) atoms. The number of sulfonamides is 1. The van der Waals surface area contributed by atoms with E-state index in [-0.39, 0.29) is 34.9 Å². The van der Waals surface area contributed by atoms with Gasteiger partial charge in [-0.05, 0) is 50.8 Å². The SMILES string of the molecule is Cc1noc(/C=C/c2ccccc2F)c1S(=O)(=O)N1CCC[C@H](C(=O)NC[C@H]2CCCO2)C1. The van der Waals surface area contributed by atoms with Gasteiger partial charge in [-0.3, -0.25) is 4.79 Å². The summed E-state index contributed by atoms with van der Waals surface area (Å²) in [5.41, 5.74) is 0.518. The molecule has 0 bridgehead atoms. The molecule has 3 heterocycles. The van der Waals surface area contributed by atoms with Crippen molar-refractivity contribution in [3.63, 3.8) is 0 Å². The maximum Gasteiger partial charge on any atom is 0.248 e. The summed E-state index contributed by atoms with van der Waals surface area (Å²) < 4.78 is 53.0. The molecular formula is C23H28FN3O5S. The minimum Gasteiger partial charge on any atom is -0.376 e. The summed E-state index contributed by atoms with van der Waals surface area (Å²) in [4.78, 5) is 12.6. The predicted octanol–water partition coefficient (Wildman–Crippen LogP) is 2.99. The van der Waals surface area contributed by atoms with Crippen molar-refractivity contribution in [3.05, 3.63) is 47.1 Å². The third kappa shape index (κ3) is 5.34. The summed E-state index contributed by atoms with van der Waals surface area (Å²) in [6.07, 6.45) is 5.98. The number of hydrogen-bond donors (Lipinski definition) is 1. The predicted molar refractivity (Wildman–Crippen MR) is 120 cm³/mol. The molecule has 1 N–H and O–H groups in total. The van der Waals surface area contributed by atoms with Gasteiger partial charge < -0.3 is 14.6 Å². The normalized spacial score (nSPS) is 22.1. The second-order valence-electron chi connectivity index (χ2n) is 8.40. The number of benzene rings is 1. The molecule has 8 nitrogen and oxygen atoms in total. The smallest absolute Gasteiger partial charge is 0.248 e. The van der Waals surface area contributed by atoms with Gasteiger partial charge in [-0.2, -0.15) is 4.31 Å². The molecule has 1 amide bonds. The second kappa shape index (κ2) is 10.1. The lowest BCUT2D eigenvalue weighted by Gasteiger charge is -2.31. The zero-order valence-corrected chi connectivity index (χ0v) is 19.3. The van der Waals surface area contributed by atoms with Crippen molar-refractivity contribution in [1.82, 2.24) is 14.8 Å². The molecule has 0 unspecified atom stereocenters. The topological polar surface area (TPSA) is 102 Å². The number of aryl methyl sites for hydroxylation is 1. The largest absolute Gasteiger partial charge is 0.376 e. The van der Waals surface area contributed by atoms with Crippen LogP contribution in [0.5, 0.6) is 0 Å². The average molecular weight is 478 g/mol. The van der Waals surface area contributed by atoms with Gasteiger partial charge in [-0.1, -0.05) is 23.4 Å². The van der Waals surface area contributed by atoms with Crippen molar-refractivity contribution >= 4 is 28.1 Å². The Bertz CT molecular complexity index is 1120. The number of ether oxygens (including phenoxy) is 1. The van der Waals surface area contributed by atoms with Crippen molar-refractivity contribution in [2.75, 3.05) is 26.2 Å². The minimum atomic E-state index is -3.96. The highest BCUT2D eigenvalue weighted by Crippen LogP contribution is 2.29. The average Bonchev–Trinajstić information content (AvgIpc) is 3.47. The van der Waals surface area contributed by atoms with Crippen LogP contribution < -0.4 is 5.32 Å². The third-order valence-corrected chi connectivity index (χ3v) is 8.06. The van der Waals surface area contributed by atoms with Crippen LogP contribution in [0.2, 0.25) is 0 Å². The third-order valence-electron chi connectivity index (χ3n) is 6.03. The highest BCUT2D eigenvalue weighted by atomic mass is 32.2. The Morgan fingerprint density at radius 1 is 1.27 bits per heavy atom. The molecule has 2 aromatic rings. The number of nitrogens with zero attached hydrogens (tertiary/aromatic N) is 2. The van der Waals surface area contributed by atoms with Crippen molar-refractivity contribution in [1.29, 1.82) is 0 Å². The van der Waals surface area contributed by atoms with E-state index in [1.807, 2.05) is 0 Å². The fourth-order valence-corrected chi connectivity index (χ4v) is 6.02. The molecule has 10 heteroatoms.